The van der Waals surface area contributed by atoms with E-state index < -0.39 is 6.61 Å². The van der Waals surface area contributed by atoms with Gasteiger partial charge in [0.05, 0.1) is 12.1 Å². The van der Waals surface area contributed by atoms with Crippen LogP contribution in [0.15, 0.2) is 247 Å². The minimum Gasteiger partial charge on any atom is -0.497 e. The Bertz CT molecular complexity index is 4510. The lowest BCUT2D eigenvalue weighted by Gasteiger charge is -2.08. The van der Waals surface area contributed by atoms with Crippen LogP contribution in [0.3, 0.4) is 0 Å². The molecule has 13 aromatic rings. The number of benzene rings is 7. The van der Waals surface area contributed by atoms with Crippen molar-refractivity contribution in [2.24, 2.45) is 0 Å². The number of nitrogens with zero attached hydrogens (tertiary/aromatic N) is 1. The summed E-state index contributed by atoms with van der Waals surface area (Å²) in [4.78, 5) is 5.74. The summed E-state index contributed by atoms with van der Waals surface area (Å²) in [7, 11) is 1.69. The molecule has 0 atom stereocenters. The summed E-state index contributed by atoms with van der Waals surface area (Å²) in [5.41, 5.74) is 20.3. The van der Waals surface area contributed by atoms with Gasteiger partial charge in [0.15, 0.2) is 0 Å². The summed E-state index contributed by atoms with van der Waals surface area (Å²) in [6.45, 7) is 78.4. The Balaban J connectivity index is 0.000000700. The van der Waals surface area contributed by atoms with Crippen molar-refractivity contribution in [1.29, 1.82) is 0 Å². The molecule has 0 bridgehead atoms. The summed E-state index contributed by atoms with van der Waals surface area (Å²) < 4.78 is 54.4. The van der Waals surface area contributed by atoms with Gasteiger partial charge in [-0.1, -0.05) is 342 Å². The number of rotatable bonds is 16. The number of hydrogen-bond acceptors (Lipinski definition) is 9. The molecule has 11 heteroatoms. The van der Waals surface area contributed by atoms with Crippen molar-refractivity contribution in [3.63, 3.8) is 0 Å². The predicted molar refractivity (Wildman–Crippen MR) is 560 cm³/mol. The van der Waals surface area contributed by atoms with Gasteiger partial charge in [-0.3, -0.25) is 0 Å². The lowest BCUT2D eigenvalue weighted by Crippen LogP contribution is -2.02. The van der Waals surface area contributed by atoms with Gasteiger partial charge in [0.1, 0.15) is 57.6 Å². The lowest BCUT2D eigenvalue weighted by atomic mass is 9.99. The zero-order valence-corrected chi connectivity index (χ0v) is 88.6. The molecule has 0 N–H and O–H groups in total. The molecule has 0 saturated carbocycles. The van der Waals surface area contributed by atoms with Crippen LogP contribution < -0.4 is 9.47 Å². The summed E-state index contributed by atoms with van der Waals surface area (Å²) >= 11 is 3.58. The quantitative estimate of drug-likeness (QED) is 0.0953. The standard InChI is InChI=1S/C11H16.C10H12F2O.C10H14O.4C10H14.4C8H12O.C8H12S.C7H11NS/c1-8(2)11-6-5-9(3)10(4)7-11;1-7(2)8-4-3-5-9(6-8)13-10(11)12;1-8(2)9-5-4-6-10(7-9)11-3;4*1-8(2)10-6-4-5-9(3)7-10;4*1-6(2)8-5-4-7(3)9-8;1-6(2)8-4-7(3)9-5-8;1-5(2)7-8-6(3)4-9-7/h5-8H,1-4H3;3-7,10H,1-2H3;4-8H,1-3H3;4*4-8H,1-3H3;5*4-6H,1-3H3;4-5H,1-3H3. The number of thiophene rings is 1. The van der Waals surface area contributed by atoms with E-state index in [0.717, 1.165) is 63.1 Å². The van der Waals surface area contributed by atoms with Crippen molar-refractivity contribution in [3.05, 3.63) is 369 Å². The van der Waals surface area contributed by atoms with Crippen LogP contribution in [0.1, 0.15) is 396 Å². The largest absolute Gasteiger partial charge is 0.497 e. The van der Waals surface area contributed by atoms with E-state index in [1.165, 1.54) is 88.3 Å². The summed E-state index contributed by atoms with van der Waals surface area (Å²) in [6, 6.07) is 74.7. The average Bonchev–Trinajstić information content (AvgIpc) is 1.87. The highest BCUT2D eigenvalue weighted by atomic mass is 32.1. The molecule has 6 aromatic heterocycles. The molecule has 0 saturated heterocycles. The molecule has 0 radical (unpaired) electrons. The van der Waals surface area contributed by atoms with Crippen molar-refractivity contribution >= 4 is 22.7 Å². The minimum atomic E-state index is -2.75. The summed E-state index contributed by atoms with van der Waals surface area (Å²) in [5, 5.41) is 5.57. The average molecular weight is 1800 g/mol. The second-order valence-electron chi connectivity index (χ2n) is 37.4. The fourth-order valence-corrected chi connectivity index (χ4v) is 13.4. The molecule has 13 rings (SSSR count). The molecule has 0 unspecified atom stereocenters. The Morgan fingerprint density at radius 1 is 0.256 bits per heavy atom. The molecule has 6 heterocycles. The van der Waals surface area contributed by atoms with Crippen LogP contribution in [0.2, 0.25) is 0 Å². The zero-order chi connectivity index (χ0) is 97.9. The van der Waals surface area contributed by atoms with Crippen molar-refractivity contribution < 1.29 is 35.9 Å². The summed E-state index contributed by atoms with van der Waals surface area (Å²) in [5.74, 6) is 16.9. The first-order valence-corrected chi connectivity index (χ1v) is 48.4. The molecule has 0 aliphatic heterocycles. The molecule has 7 nitrogen and oxygen atoms in total. The van der Waals surface area contributed by atoms with Gasteiger partial charge >= 0.3 is 6.61 Å². The Labute approximate surface area is 792 Å². The molecule has 0 fully saturated rings. The molecule has 0 aliphatic carbocycles. The van der Waals surface area contributed by atoms with E-state index in [0.29, 0.717) is 76.9 Å². The Morgan fingerprint density at radius 2 is 0.535 bits per heavy atom. The number of furan rings is 4. The predicted octanol–water partition coefficient (Wildman–Crippen LogP) is 38.7. The van der Waals surface area contributed by atoms with Crippen molar-refractivity contribution in [1.82, 2.24) is 4.98 Å². The Kier molecular flexibility index (Phi) is 57.8. The van der Waals surface area contributed by atoms with Gasteiger partial charge in [-0.25, -0.2) is 4.98 Å². The van der Waals surface area contributed by atoms with E-state index in [1.54, 1.807) is 30.6 Å². The topological polar surface area (TPSA) is 83.9 Å². The number of thiazole rings is 1. The molecular weight excluding hydrogens is 1630 g/mol. The third-order valence-electron chi connectivity index (χ3n) is 20.4. The monoisotopic (exact) mass is 1800 g/mol. The third-order valence-corrected chi connectivity index (χ3v) is 22.6. The van der Waals surface area contributed by atoms with Gasteiger partial charge in [0, 0.05) is 45.5 Å². The van der Waals surface area contributed by atoms with Gasteiger partial charge < -0.3 is 27.1 Å². The van der Waals surface area contributed by atoms with E-state index in [4.69, 9.17) is 22.4 Å². The molecule has 0 amide bonds. The first-order chi connectivity index (χ1) is 60.4. The van der Waals surface area contributed by atoms with Crippen LogP contribution in [0, 0.1) is 83.1 Å². The van der Waals surface area contributed by atoms with Crippen LogP contribution in [0.4, 0.5) is 8.78 Å². The van der Waals surface area contributed by atoms with E-state index in [9.17, 15) is 8.78 Å². The van der Waals surface area contributed by atoms with Crippen LogP contribution in [0.25, 0.3) is 0 Å². The molecule has 0 spiro atoms. The minimum absolute atomic E-state index is 0.223. The normalized spacial score (nSPS) is 10.6. The zero-order valence-electron chi connectivity index (χ0n) is 87.0. The van der Waals surface area contributed by atoms with Crippen molar-refractivity contribution in [2.45, 2.75) is 347 Å². The third kappa shape index (κ3) is 52.2. The van der Waals surface area contributed by atoms with E-state index in [1.807, 2.05) is 127 Å². The number of hydrogen-bond donors (Lipinski definition) is 0. The van der Waals surface area contributed by atoms with Crippen LogP contribution in [0.5, 0.6) is 11.5 Å². The van der Waals surface area contributed by atoms with E-state index >= 15 is 0 Å². The van der Waals surface area contributed by atoms with E-state index in [-0.39, 0.29) is 5.75 Å². The van der Waals surface area contributed by atoms with Crippen LogP contribution >= 0.6 is 22.7 Å². The van der Waals surface area contributed by atoms with Crippen LogP contribution in [-0.4, -0.2) is 18.7 Å². The second-order valence-corrected chi connectivity index (χ2v) is 39.4. The fourth-order valence-electron chi connectivity index (χ4n) is 11.7. The maximum atomic E-state index is 11.8. The molecule has 0 aliphatic rings. The van der Waals surface area contributed by atoms with Gasteiger partial charge in [-0.05, 0) is 270 Å². The second kappa shape index (κ2) is 63.5. The maximum Gasteiger partial charge on any atom is 0.387 e. The highest BCUT2D eigenvalue weighted by Crippen LogP contribution is 2.27. The van der Waals surface area contributed by atoms with Crippen molar-refractivity contribution in [2.75, 3.05) is 7.11 Å². The highest BCUT2D eigenvalue weighted by Gasteiger charge is 2.10. The number of methoxy groups -OCH3 is 1. The van der Waals surface area contributed by atoms with Gasteiger partial charge in [-0.2, -0.15) is 8.78 Å². The van der Waals surface area contributed by atoms with Gasteiger partial charge in [0.25, 0.3) is 0 Å². The van der Waals surface area contributed by atoms with Crippen LogP contribution in [-0.2, 0) is 0 Å². The highest BCUT2D eigenvalue weighted by molar-refractivity contribution is 7.10. The smallest absolute Gasteiger partial charge is 0.387 e. The van der Waals surface area contributed by atoms with Gasteiger partial charge in [-0.15, -0.1) is 22.7 Å². The molecular formula is C118H169F2NO6S2. The number of aryl methyl sites for hydroxylation is 12. The van der Waals surface area contributed by atoms with E-state index in [2.05, 4.69) is 369 Å². The molecule has 129 heavy (non-hydrogen) atoms. The Hall–Kier alpha value is -9.55. The molecule has 708 valence electrons. The van der Waals surface area contributed by atoms with Gasteiger partial charge in [0.2, 0.25) is 0 Å². The molecule has 7 aromatic carbocycles. The number of aromatic nitrogens is 1. The summed E-state index contributed by atoms with van der Waals surface area (Å²) in [6.07, 6.45) is 0. The Morgan fingerprint density at radius 3 is 0.721 bits per heavy atom. The maximum absolute atomic E-state index is 11.8. The first-order valence-electron chi connectivity index (χ1n) is 46.7. The SMILES string of the molecule is CC(C)c1cccc(OC(F)F)c1.COc1cccc(C(C)C)c1.Cc1cc(C(C)C)cs1.Cc1ccc(C(C)C)cc1C.Cc1ccc(C(C)C)o1.Cc1ccc(C(C)C)o1.Cc1ccc(C(C)C)o1.Cc1ccc(C(C)C)o1.Cc1cccc(C(C)C)c1.Cc1cccc(C(C)C)c1.Cc1cccc(C(C)C)c1.Cc1cccc(C(C)C)c1.Cc1csc(C(C)C)n1. The number of alkyl halides is 2. The number of halogens is 2. The van der Waals surface area contributed by atoms with Crippen molar-refractivity contribution in [3.8, 4) is 11.5 Å². The fraction of sp³-hybridized carbons (Fsp3) is 0.449. The lowest BCUT2D eigenvalue weighted by molar-refractivity contribution is -0.0499. The first kappa shape index (κ1) is 117. The number of ether oxygens (including phenoxy) is 2.